The van der Waals surface area contributed by atoms with E-state index in [1.165, 1.54) is 16.4 Å². The highest BCUT2D eigenvalue weighted by atomic mass is 32.2. The van der Waals surface area contributed by atoms with Crippen molar-refractivity contribution in [3.8, 4) is 5.75 Å². The number of carbonyl (C=O) groups is 1. The first-order valence-electron chi connectivity index (χ1n) is 9.09. The molecule has 7 heteroatoms. The SMILES string of the molecule is CCN(c1ccccc1)S(=O)(=O)c1ccc(NC(=O)c2ccc(OC)cc2)cc1. The predicted octanol–water partition coefficient (Wildman–Crippen LogP) is 4.16. The normalized spacial score (nSPS) is 11.0. The molecule has 0 heterocycles. The van der Waals surface area contributed by atoms with Gasteiger partial charge < -0.3 is 10.1 Å². The quantitative estimate of drug-likeness (QED) is 0.635. The third-order valence-electron chi connectivity index (χ3n) is 4.38. The van der Waals surface area contributed by atoms with Crippen LogP contribution in [-0.2, 0) is 10.0 Å². The van der Waals surface area contributed by atoms with Crippen molar-refractivity contribution in [2.24, 2.45) is 0 Å². The Balaban J connectivity index is 1.77. The summed E-state index contributed by atoms with van der Waals surface area (Å²) >= 11 is 0. The van der Waals surface area contributed by atoms with Crippen LogP contribution < -0.4 is 14.4 Å². The molecular formula is C22H22N2O4S. The Hall–Kier alpha value is -3.32. The molecule has 0 aromatic heterocycles. The molecule has 0 atom stereocenters. The fourth-order valence-electron chi connectivity index (χ4n) is 2.87. The van der Waals surface area contributed by atoms with Gasteiger partial charge in [-0.2, -0.15) is 0 Å². The summed E-state index contributed by atoms with van der Waals surface area (Å²) < 4.78 is 32.4. The molecule has 0 aliphatic carbocycles. The molecule has 0 saturated carbocycles. The zero-order valence-corrected chi connectivity index (χ0v) is 17.0. The number of ether oxygens (including phenoxy) is 1. The molecule has 3 aromatic rings. The summed E-state index contributed by atoms with van der Waals surface area (Å²) in [5.74, 6) is 0.373. The van der Waals surface area contributed by atoms with Crippen molar-refractivity contribution in [1.29, 1.82) is 0 Å². The highest BCUT2D eigenvalue weighted by molar-refractivity contribution is 7.92. The second-order valence-electron chi connectivity index (χ2n) is 6.21. The fourth-order valence-corrected chi connectivity index (χ4v) is 4.34. The van der Waals surface area contributed by atoms with Crippen LogP contribution in [0.4, 0.5) is 11.4 Å². The lowest BCUT2D eigenvalue weighted by atomic mass is 10.2. The Morgan fingerprint density at radius 1 is 0.931 bits per heavy atom. The Morgan fingerprint density at radius 2 is 1.55 bits per heavy atom. The molecule has 150 valence electrons. The smallest absolute Gasteiger partial charge is 0.264 e. The molecule has 1 N–H and O–H groups in total. The number of para-hydroxylation sites is 1. The van der Waals surface area contributed by atoms with E-state index in [0.29, 0.717) is 29.2 Å². The lowest BCUT2D eigenvalue weighted by Gasteiger charge is -2.23. The van der Waals surface area contributed by atoms with Crippen molar-refractivity contribution >= 4 is 27.3 Å². The molecule has 0 aliphatic rings. The minimum Gasteiger partial charge on any atom is -0.497 e. The lowest BCUT2D eigenvalue weighted by Crippen LogP contribution is -2.30. The summed E-state index contributed by atoms with van der Waals surface area (Å²) in [7, 11) is -2.14. The van der Waals surface area contributed by atoms with Crippen molar-refractivity contribution < 1.29 is 17.9 Å². The number of benzene rings is 3. The number of carbonyl (C=O) groups excluding carboxylic acids is 1. The van der Waals surface area contributed by atoms with Crippen LogP contribution in [0, 0.1) is 0 Å². The van der Waals surface area contributed by atoms with Crippen LogP contribution >= 0.6 is 0 Å². The topological polar surface area (TPSA) is 75.7 Å². The van der Waals surface area contributed by atoms with Gasteiger partial charge in [-0.3, -0.25) is 9.10 Å². The van der Waals surface area contributed by atoms with Crippen LogP contribution in [0.1, 0.15) is 17.3 Å². The molecule has 29 heavy (non-hydrogen) atoms. The molecular weight excluding hydrogens is 388 g/mol. The van der Waals surface area contributed by atoms with Crippen LogP contribution in [0.5, 0.6) is 5.75 Å². The Morgan fingerprint density at radius 3 is 2.10 bits per heavy atom. The van der Waals surface area contributed by atoms with Gasteiger partial charge in [0.1, 0.15) is 5.75 Å². The predicted molar refractivity (Wildman–Crippen MR) is 114 cm³/mol. The number of hydrogen-bond donors (Lipinski definition) is 1. The van der Waals surface area contributed by atoms with Crippen molar-refractivity contribution in [3.05, 3.63) is 84.4 Å². The second kappa shape index (κ2) is 8.79. The highest BCUT2D eigenvalue weighted by Crippen LogP contribution is 2.24. The zero-order valence-electron chi connectivity index (χ0n) is 16.2. The van der Waals surface area contributed by atoms with E-state index in [2.05, 4.69) is 5.32 Å². The van der Waals surface area contributed by atoms with Gasteiger partial charge in [0.2, 0.25) is 0 Å². The maximum Gasteiger partial charge on any atom is 0.264 e. The van der Waals surface area contributed by atoms with E-state index in [-0.39, 0.29) is 10.8 Å². The van der Waals surface area contributed by atoms with Gasteiger partial charge in [0.15, 0.2) is 0 Å². The number of sulfonamides is 1. The van der Waals surface area contributed by atoms with Crippen LogP contribution in [0.3, 0.4) is 0 Å². The Bertz CT molecular complexity index is 1060. The second-order valence-corrected chi connectivity index (χ2v) is 8.07. The monoisotopic (exact) mass is 410 g/mol. The Labute approximate surface area is 170 Å². The number of rotatable bonds is 7. The molecule has 0 saturated heterocycles. The van der Waals surface area contributed by atoms with Gasteiger partial charge in [0.25, 0.3) is 15.9 Å². The summed E-state index contributed by atoms with van der Waals surface area (Å²) in [5.41, 5.74) is 1.59. The number of methoxy groups -OCH3 is 1. The van der Waals surface area contributed by atoms with E-state index >= 15 is 0 Å². The third-order valence-corrected chi connectivity index (χ3v) is 6.30. The third kappa shape index (κ3) is 4.57. The molecule has 0 aliphatic heterocycles. The minimum absolute atomic E-state index is 0.158. The van der Waals surface area contributed by atoms with E-state index in [0.717, 1.165) is 0 Å². The van der Waals surface area contributed by atoms with Crippen molar-refractivity contribution in [1.82, 2.24) is 0 Å². The van der Waals surface area contributed by atoms with E-state index in [1.54, 1.807) is 74.7 Å². The summed E-state index contributed by atoms with van der Waals surface area (Å²) in [5, 5.41) is 2.76. The molecule has 0 unspecified atom stereocenters. The van der Waals surface area contributed by atoms with Gasteiger partial charge in [0.05, 0.1) is 17.7 Å². The first kappa shape index (κ1) is 20.4. The molecule has 0 bridgehead atoms. The molecule has 6 nitrogen and oxygen atoms in total. The molecule has 3 aromatic carbocycles. The number of hydrogen-bond acceptors (Lipinski definition) is 4. The van der Waals surface area contributed by atoms with Crippen molar-refractivity contribution in [2.75, 3.05) is 23.3 Å². The average molecular weight is 410 g/mol. The molecule has 0 radical (unpaired) electrons. The van der Waals surface area contributed by atoms with Crippen LogP contribution in [0.2, 0.25) is 0 Å². The van der Waals surface area contributed by atoms with Crippen LogP contribution in [-0.4, -0.2) is 28.0 Å². The number of anilines is 2. The fraction of sp³-hybridized carbons (Fsp3) is 0.136. The van der Waals surface area contributed by atoms with Gasteiger partial charge >= 0.3 is 0 Å². The summed E-state index contributed by atoms with van der Waals surface area (Å²) in [6, 6.07) is 21.8. The summed E-state index contributed by atoms with van der Waals surface area (Å²) in [4.78, 5) is 12.5. The summed E-state index contributed by atoms with van der Waals surface area (Å²) in [6.45, 7) is 2.09. The first-order chi connectivity index (χ1) is 14.0. The highest BCUT2D eigenvalue weighted by Gasteiger charge is 2.23. The van der Waals surface area contributed by atoms with Gasteiger partial charge in [-0.15, -0.1) is 0 Å². The lowest BCUT2D eigenvalue weighted by molar-refractivity contribution is 0.102. The molecule has 1 amide bonds. The van der Waals surface area contributed by atoms with Gasteiger partial charge in [0, 0.05) is 17.8 Å². The number of nitrogens with zero attached hydrogens (tertiary/aromatic N) is 1. The van der Waals surface area contributed by atoms with Gasteiger partial charge in [-0.05, 0) is 67.6 Å². The Kier molecular flexibility index (Phi) is 6.19. The van der Waals surface area contributed by atoms with Crippen molar-refractivity contribution in [2.45, 2.75) is 11.8 Å². The standard InChI is InChI=1S/C22H22N2O4S/c1-3-24(19-7-5-4-6-8-19)29(26,27)21-15-11-18(12-16-21)23-22(25)17-9-13-20(28-2)14-10-17/h4-16H,3H2,1-2H3,(H,23,25). The van der Waals surface area contributed by atoms with Gasteiger partial charge in [-0.25, -0.2) is 8.42 Å². The van der Waals surface area contributed by atoms with Crippen molar-refractivity contribution in [3.63, 3.8) is 0 Å². The average Bonchev–Trinajstić information content (AvgIpc) is 2.75. The molecule has 3 rings (SSSR count). The van der Waals surface area contributed by atoms with E-state index < -0.39 is 10.0 Å². The molecule has 0 spiro atoms. The first-order valence-corrected chi connectivity index (χ1v) is 10.5. The number of amides is 1. The maximum atomic E-state index is 13.0. The van der Waals surface area contributed by atoms with E-state index in [9.17, 15) is 13.2 Å². The van der Waals surface area contributed by atoms with E-state index in [1.807, 2.05) is 6.07 Å². The minimum atomic E-state index is -3.70. The van der Waals surface area contributed by atoms with E-state index in [4.69, 9.17) is 4.74 Å². The maximum absolute atomic E-state index is 13.0. The zero-order chi connectivity index (χ0) is 20.9. The van der Waals surface area contributed by atoms with Gasteiger partial charge in [-0.1, -0.05) is 18.2 Å². The van der Waals surface area contributed by atoms with Crippen LogP contribution in [0.15, 0.2) is 83.8 Å². The molecule has 0 fully saturated rings. The summed E-state index contributed by atoms with van der Waals surface area (Å²) in [6.07, 6.45) is 0. The van der Waals surface area contributed by atoms with Crippen LogP contribution in [0.25, 0.3) is 0 Å². The largest absolute Gasteiger partial charge is 0.497 e. The number of nitrogens with one attached hydrogen (secondary N) is 1.